The Labute approximate surface area is 123 Å². The second-order valence-corrected chi connectivity index (χ2v) is 6.28. The van der Waals surface area contributed by atoms with E-state index in [1.165, 1.54) is 6.42 Å². The quantitative estimate of drug-likeness (QED) is 0.738. The summed E-state index contributed by atoms with van der Waals surface area (Å²) in [6.07, 6.45) is 2.33. The molecule has 0 aliphatic carbocycles. The molecule has 0 aromatic carbocycles. The Balaban J connectivity index is 2.95. The summed E-state index contributed by atoms with van der Waals surface area (Å²) in [6, 6.07) is 4.11. The largest absolute Gasteiger partial charge is 0.312 e. The Bertz CT molecular complexity index is 461. The minimum atomic E-state index is 0.175. The molecule has 1 aromatic heterocycles. The van der Waals surface area contributed by atoms with E-state index >= 15 is 0 Å². The summed E-state index contributed by atoms with van der Waals surface area (Å²) < 4.78 is 1.96. The standard InChI is InChI=1S/C17H30N2O/c1-6-7-10-18-11-15-8-9-16(14(4)5)19(17(15)20)12-13(2)3/h8-9,13-14,18H,6-7,10-12H2,1-5H3. The van der Waals surface area contributed by atoms with Crippen molar-refractivity contribution in [3.8, 4) is 0 Å². The van der Waals surface area contributed by atoms with Gasteiger partial charge in [-0.3, -0.25) is 4.79 Å². The fourth-order valence-corrected chi connectivity index (χ4v) is 2.35. The molecule has 0 fully saturated rings. The van der Waals surface area contributed by atoms with Gasteiger partial charge in [-0.15, -0.1) is 0 Å². The van der Waals surface area contributed by atoms with Crippen LogP contribution in [0.5, 0.6) is 0 Å². The Morgan fingerprint density at radius 3 is 2.45 bits per heavy atom. The Morgan fingerprint density at radius 1 is 1.20 bits per heavy atom. The molecule has 3 heteroatoms. The molecule has 0 spiro atoms. The van der Waals surface area contributed by atoms with Crippen molar-refractivity contribution in [1.29, 1.82) is 0 Å². The molecule has 20 heavy (non-hydrogen) atoms. The first-order valence-corrected chi connectivity index (χ1v) is 7.90. The van der Waals surface area contributed by atoms with Gasteiger partial charge in [0.05, 0.1) is 0 Å². The average Bonchev–Trinajstić information content (AvgIpc) is 2.37. The smallest absolute Gasteiger partial charge is 0.255 e. The van der Waals surface area contributed by atoms with Gasteiger partial charge in [-0.2, -0.15) is 0 Å². The van der Waals surface area contributed by atoms with Crippen molar-refractivity contribution >= 4 is 0 Å². The zero-order valence-corrected chi connectivity index (χ0v) is 13.7. The number of aromatic nitrogens is 1. The monoisotopic (exact) mass is 278 g/mol. The summed E-state index contributed by atoms with van der Waals surface area (Å²) in [7, 11) is 0. The lowest BCUT2D eigenvalue weighted by molar-refractivity contribution is 0.483. The average molecular weight is 278 g/mol. The molecule has 0 aliphatic heterocycles. The molecule has 0 aliphatic rings. The lowest BCUT2D eigenvalue weighted by Crippen LogP contribution is -2.31. The summed E-state index contributed by atoms with van der Waals surface area (Å²) in [4.78, 5) is 12.6. The van der Waals surface area contributed by atoms with E-state index in [4.69, 9.17) is 0 Å². The summed E-state index contributed by atoms with van der Waals surface area (Å²) in [6.45, 7) is 13.2. The molecule has 0 unspecified atom stereocenters. The van der Waals surface area contributed by atoms with Crippen LogP contribution in [0.15, 0.2) is 16.9 Å². The minimum Gasteiger partial charge on any atom is -0.312 e. The SMILES string of the molecule is CCCCNCc1ccc(C(C)C)n(CC(C)C)c1=O. The maximum atomic E-state index is 12.6. The van der Waals surface area contributed by atoms with Gasteiger partial charge in [0.1, 0.15) is 0 Å². The van der Waals surface area contributed by atoms with Crippen LogP contribution >= 0.6 is 0 Å². The van der Waals surface area contributed by atoms with E-state index in [0.29, 0.717) is 18.4 Å². The third kappa shape index (κ3) is 4.78. The van der Waals surface area contributed by atoms with Gasteiger partial charge in [-0.25, -0.2) is 0 Å². The van der Waals surface area contributed by atoms with Crippen LogP contribution in [0.25, 0.3) is 0 Å². The number of hydrogen-bond donors (Lipinski definition) is 1. The highest BCUT2D eigenvalue weighted by molar-refractivity contribution is 5.18. The highest BCUT2D eigenvalue weighted by Crippen LogP contribution is 2.14. The van der Waals surface area contributed by atoms with Crippen molar-refractivity contribution in [1.82, 2.24) is 9.88 Å². The summed E-state index contributed by atoms with van der Waals surface area (Å²) in [5, 5.41) is 3.36. The molecular formula is C17H30N2O. The van der Waals surface area contributed by atoms with Gasteiger partial charge in [-0.05, 0) is 30.9 Å². The topological polar surface area (TPSA) is 34.0 Å². The Morgan fingerprint density at radius 2 is 1.90 bits per heavy atom. The predicted molar refractivity (Wildman–Crippen MR) is 86.2 cm³/mol. The van der Waals surface area contributed by atoms with Crippen LogP contribution in [0, 0.1) is 5.92 Å². The molecule has 0 saturated carbocycles. The zero-order valence-electron chi connectivity index (χ0n) is 13.7. The number of hydrogen-bond acceptors (Lipinski definition) is 2. The van der Waals surface area contributed by atoms with Gasteiger partial charge >= 0.3 is 0 Å². The molecule has 0 radical (unpaired) electrons. The van der Waals surface area contributed by atoms with Gasteiger partial charge in [-0.1, -0.05) is 47.1 Å². The molecule has 0 amide bonds. The van der Waals surface area contributed by atoms with Crippen molar-refractivity contribution in [3.05, 3.63) is 33.7 Å². The van der Waals surface area contributed by atoms with Crippen molar-refractivity contribution in [2.45, 2.75) is 66.5 Å². The zero-order chi connectivity index (χ0) is 15.1. The molecular weight excluding hydrogens is 248 g/mol. The predicted octanol–water partition coefficient (Wildman–Crippen LogP) is 3.52. The lowest BCUT2D eigenvalue weighted by atomic mass is 10.1. The molecule has 3 nitrogen and oxygen atoms in total. The molecule has 1 rings (SSSR count). The second kappa shape index (κ2) is 8.25. The van der Waals surface area contributed by atoms with Crippen LogP contribution in [0.2, 0.25) is 0 Å². The van der Waals surface area contributed by atoms with Crippen LogP contribution in [-0.4, -0.2) is 11.1 Å². The summed E-state index contributed by atoms with van der Waals surface area (Å²) >= 11 is 0. The summed E-state index contributed by atoms with van der Waals surface area (Å²) in [5.41, 5.74) is 2.20. The molecule has 114 valence electrons. The van der Waals surface area contributed by atoms with E-state index in [9.17, 15) is 4.79 Å². The third-order valence-corrected chi connectivity index (χ3v) is 3.45. The van der Waals surface area contributed by atoms with Crippen LogP contribution in [0.4, 0.5) is 0 Å². The van der Waals surface area contributed by atoms with E-state index in [-0.39, 0.29) is 5.56 Å². The van der Waals surface area contributed by atoms with Crippen molar-refractivity contribution in [2.24, 2.45) is 5.92 Å². The number of rotatable bonds is 8. The maximum absolute atomic E-state index is 12.6. The van der Waals surface area contributed by atoms with Crippen LogP contribution < -0.4 is 10.9 Å². The van der Waals surface area contributed by atoms with Crippen LogP contribution in [-0.2, 0) is 13.1 Å². The number of nitrogens with one attached hydrogen (secondary N) is 1. The van der Waals surface area contributed by atoms with Crippen molar-refractivity contribution in [3.63, 3.8) is 0 Å². The van der Waals surface area contributed by atoms with Crippen LogP contribution in [0.3, 0.4) is 0 Å². The number of pyridine rings is 1. The molecule has 0 atom stereocenters. The lowest BCUT2D eigenvalue weighted by Gasteiger charge is -2.19. The molecule has 1 heterocycles. The molecule has 1 aromatic rings. The van der Waals surface area contributed by atoms with Gasteiger partial charge in [0.15, 0.2) is 0 Å². The van der Waals surface area contributed by atoms with E-state index in [2.05, 4.69) is 46.0 Å². The highest BCUT2D eigenvalue weighted by Gasteiger charge is 2.12. The first kappa shape index (κ1) is 17.0. The summed E-state index contributed by atoms with van der Waals surface area (Å²) in [5.74, 6) is 0.858. The molecule has 1 N–H and O–H groups in total. The van der Waals surface area contributed by atoms with E-state index in [1.54, 1.807) is 0 Å². The van der Waals surface area contributed by atoms with Gasteiger partial charge in [0.25, 0.3) is 5.56 Å². The number of nitrogens with zero attached hydrogens (tertiary/aromatic N) is 1. The molecule has 0 bridgehead atoms. The van der Waals surface area contributed by atoms with Gasteiger partial charge in [0, 0.05) is 24.3 Å². The Hall–Kier alpha value is -1.09. The number of unbranched alkanes of at least 4 members (excludes halogenated alkanes) is 1. The first-order chi connectivity index (χ1) is 9.47. The first-order valence-electron chi connectivity index (χ1n) is 7.90. The van der Waals surface area contributed by atoms with E-state index in [1.807, 2.05) is 10.6 Å². The third-order valence-electron chi connectivity index (χ3n) is 3.45. The van der Waals surface area contributed by atoms with E-state index < -0.39 is 0 Å². The van der Waals surface area contributed by atoms with Crippen molar-refractivity contribution < 1.29 is 0 Å². The fourth-order valence-electron chi connectivity index (χ4n) is 2.35. The minimum absolute atomic E-state index is 0.175. The highest BCUT2D eigenvalue weighted by atomic mass is 16.1. The second-order valence-electron chi connectivity index (χ2n) is 6.28. The van der Waals surface area contributed by atoms with E-state index in [0.717, 1.165) is 30.8 Å². The molecule has 0 saturated heterocycles. The van der Waals surface area contributed by atoms with Crippen LogP contribution in [0.1, 0.15) is 64.6 Å². The fraction of sp³-hybridized carbons (Fsp3) is 0.706. The van der Waals surface area contributed by atoms with Gasteiger partial charge in [0.2, 0.25) is 0 Å². The normalized spacial score (nSPS) is 11.6. The van der Waals surface area contributed by atoms with Crippen molar-refractivity contribution in [2.75, 3.05) is 6.54 Å². The van der Waals surface area contributed by atoms with Gasteiger partial charge < -0.3 is 9.88 Å². The maximum Gasteiger partial charge on any atom is 0.255 e. The Kier molecular flexibility index (Phi) is 7.00.